The molecule has 3 rings (SSSR count). The molecule has 2 aromatic heterocycles. The van der Waals surface area contributed by atoms with Crippen LogP contribution in [-0.2, 0) is 11.2 Å². The highest BCUT2D eigenvalue weighted by molar-refractivity contribution is 7.19. The molecule has 3 heterocycles. The summed E-state index contributed by atoms with van der Waals surface area (Å²) in [6, 6.07) is 0.623. The molecule has 0 aliphatic carbocycles. The van der Waals surface area contributed by atoms with Gasteiger partial charge in [0.05, 0.1) is 10.6 Å². The summed E-state index contributed by atoms with van der Waals surface area (Å²) in [5.41, 5.74) is 1.92. The van der Waals surface area contributed by atoms with E-state index in [9.17, 15) is 4.79 Å². The van der Waals surface area contributed by atoms with Gasteiger partial charge in [0.1, 0.15) is 5.69 Å². The first kappa shape index (κ1) is 17.9. The smallest absolute Gasteiger partial charge is 0.223 e. The molecule has 25 heavy (non-hydrogen) atoms. The van der Waals surface area contributed by atoms with E-state index in [4.69, 9.17) is 0 Å². The van der Waals surface area contributed by atoms with Crippen LogP contribution in [0.3, 0.4) is 0 Å². The number of hydrogen-bond donors (Lipinski definition) is 1. The molecule has 1 N–H and O–H groups in total. The Kier molecular flexibility index (Phi) is 5.75. The van der Waals surface area contributed by atoms with Gasteiger partial charge in [-0.05, 0) is 52.1 Å². The second-order valence-electron chi connectivity index (χ2n) is 6.84. The molecule has 2 aromatic rings. The summed E-state index contributed by atoms with van der Waals surface area (Å²) in [4.78, 5) is 28.1. The minimum atomic E-state index is -0.114. The number of rotatable bonds is 5. The molecule has 6 nitrogen and oxygen atoms in total. The standard InChI is InChI=1S/C18H25N5OS/c1-12(2)23-8-4-14(5-9-23)10-15-17(20-7-6-19-15)16-11-21-18(25-16)22-13(3)24/h6-7,11-12,14H,4-5,8-10H2,1-3H3,(H,21,22,24). The summed E-state index contributed by atoms with van der Waals surface area (Å²) in [5, 5.41) is 3.33. The molecule has 0 bridgehead atoms. The quantitative estimate of drug-likeness (QED) is 0.887. The van der Waals surface area contributed by atoms with Gasteiger partial charge in [0.15, 0.2) is 5.13 Å². The Balaban J connectivity index is 1.71. The number of likely N-dealkylation sites (tertiary alicyclic amines) is 1. The van der Waals surface area contributed by atoms with Crippen LogP contribution in [0.15, 0.2) is 18.6 Å². The normalized spacial score (nSPS) is 16.3. The fourth-order valence-corrected chi connectivity index (χ4v) is 4.14. The average molecular weight is 359 g/mol. The van der Waals surface area contributed by atoms with Crippen molar-refractivity contribution in [2.24, 2.45) is 5.92 Å². The Hall–Kier alpha value is -1.86. The van der Waals surface area contributed by atoms with E-state index in [2.05, 4.69) is 39.0 Å². The van der Waals surface area contributed by atoms with Crippen molar-refractivity contribution in [1.29, 1.82) is 0 Å². The maximum absolute atomic E-state index is 11.2. The molecule has 0 unspecified atom stereocenters. The summed E-state index contributed by atoms with van der Waals surface area (Å²) in [6.07, 6.45) is 8.60. The highest BCUT2D eigenvalue weighted by Gasteiger charge is 2.23. The summed E-state index contributed by atoms with van der Waals surface area (Å²) >= 11 is 1.44. The molecule has 0 atom stereocenters. The number of aromatic nitrogens is 3. The number of nitrogens with one attached hydrogen (secondary N) is 1. The van der Waals surface area contributed by atoms with Crippen molar-refractivity contribution >= 4 is 22.4 Å². The van der Waals surface area contributed by atoms with E-state index in [1.807, 2.05) is 0 Å². The van der Waals surface area contributed by atoms with E-state index in [1.54, 1.807) is 18.6 Å². The van der Waals surface area contributed by atoms with Crippen LogP contribution < -0.4 is 5.32 Å². The topological polar surface area (TPSA) is 71.0 Å². The van der Waals surface area contributed by atoms with Crippen molar-refractivity contribution in [1.82, 2.24) is 19.9 Å². The van der Waals surface area contributed by atoms with Crippen molar-refractivity contribution in [2.45, 2.75) is 46.1 Å². The molecule has 1 fully saturated rings. The number of nitrogens with zero attached hydrogens (tertiary/aromatic N) is 4. The fourth-order valence-electron chi connectivity index (χ4n) is 3.26. The van der Waals surface area contributed by atoms with Crippen LogP contribution in [0.5, 0.6) is 0 Å². The van der Waals surface area contributed by atoms with E-state index in [1.165, 1.54) is 31.1 Å². The van der Waals surface area contributed by atoms with E-state index >= 15 is 0 Å². The molecule has 1 aliphatic heterocycles. The molecular weight excluding hydrogens is 334 g/mol. The molecular formula is C18H25N5OS. The average Bonchev–Trinajstić information content (AvgIpc) is 3.03. The highest BCUT2D eigenvalue weighted by atomic mass is 32.1. The van der Waals surface area contributed by atoms with Crippen LogP contribution in [0.1, 0.15) is 39.3 Å². The maximum atomic E-state index is 11.2. The first-order valence-corrected chi connectivity index (χ1v) is 9.62. The van der Waals surface area contributed by atoms with Crippen LogP contribution in [0, 0.1) is 5.92 Å². The summed E-state index contributed by atoms with van der Waals surface area (Å²) in [6.45, 7) is 8.32. The number of carbonyl (C=O) groups is 1. The van der Waals surface area contributed by atoms with E-state index in [0.29, 0.717) is 17.1 Å². The summed E-state index contributed by atoms with van der Waals surface area (Å²) in [7, 11) is 0. The lowest BCUT2D eigenvalue weighted by Gasteiger charge is -2.34. The van der Waals surface area contributed by atoms with Crippen molar-refractivity contribution in [3.05, 3.63) is 24.3 Å². The molecule has 7 heteroatoms. The lowest BCUT2D eigenvalue weighted by Crippen LogP contribution is -2.38. The summed E-state index contributed by atoms with van der Waals surface area (Å²) < 4.78 is 0. The highest BCUT2D eigenvalue weighted by Crippen LogP contribution is 2.31. The number of amides is 1. The van der Waals surface area contributed by atoms with E-state index < -0.39 is 0 Å². The Morgan fingerprint density at radius 3 is 2.68 bits per heavy atom. The molecule has 0 aromatic carbocycles. The van der Waals surface area contributed by atoms with Crippen LogP contribution in [0.4, 0.5) is 5.13 Å². The van der Waals surface area contributed by atoms with Crippen LogP contribution in [-0.4, -0.2) is 44.9 Å². The van der Waals surface area contributed by atoms with Gasteiger partial charge in [0.2, 0.25) is 5.91 Å². The Bertz CT molecular complexity index is 722. The zero-order valence-corrected chi connectivity index (χ0v) is 15.8. The van der Waals surface area contributed by atoms with Crippen molar-refractivity contribution < 1.29 is 4.79 Å². The number of thiazole rings is 1. The molecule has 0 saturated carbocycles. The Morgan fingerprint density at radius 1 is 1.28 bits per heavy atom. The van der Waals surface area contributed by atoms with Crippen molar-refractivity contribution in [3.8, 4) is 10.6 Å². The fraction of sp³-hybridized carbons (Fsp3) is 0.556. The molecule has 1 saturated heterocycles. The molecule has 134 valence electrons. The number of piperidine rings is 1. The Labute approximate surface area is 152 Å². The SMILES string of the molecule is CC(=O)Nc1ncc(-c2nccnc2CC2CCN(C(C)C)CC2)s1. The molecule has 1 amide bonds. The lowest BCUT2D eigenvalue weighted by atomic mass is 9.91. The molecule has 0 radical (unpaired) electrons. The molecule has 1 aliphatic rings. The number of hydrogen-bond acceptors (Lipinski definition) is 6. The third-order valence-electron chi connectivity index (χ3n) is 4.66. The first-order chi connectivity index (χ1) is 12.0. The van der Waals surface area contributed by atoms with Gasteiger partial charge in [-0.3, -0.25) is 14.8 Å². The predicted molar refractivity (Wildman–Crippen MR) is 101 cm³/mol. The Morgan fingerprint density at radius 2 is 2.00 bits per heavy atom. The van der Waals surface area contributed by atoms with Gasteiger partial charge in [0.25, 0.3) is 0 Å². The largest absolute Gasteiger partial charge is 0.302 e. The van der Waals surface area contributed by atoms with Crippen LogP contribution >= 0.6 is 11.3 Å². The molecule has 0 spiro atoms. The lowest BCUT2D eigenvalue weighted by molar-refractivity contribution is -0.114. The van der Waals surface area contributed by atoms with Gasteiger partial charge in [-0.1, -0.05) is 11.3 Å². The second-order valence-corrected chi connectivity index (χ2v) is 7.87. The number of carbonyl (C=O) groups excluding carboxylic acids is 1. The second kappa shape index (κ2) is 8.01. The van der Waals surface area contributed by atoms with Gasteiger partial charge >= 0.3 is 0 Å². The van der Waals surface area contributed by atoms with Gasteiger partial charge < -0.3 is 10.2 Å². The minimum absolute atomic E-state index is 0.114. The van der Waals surface area contributed by atoms with E-state index in [0.717, 1.165) is 35.8 Å². The van der Waals surface area contributed by atoms with Crippen LogP contribution in [0.25, 0.3) is 10.6 Å². The third-order valence-corrected chi connectivity index (χ3v) is 5.58. The van der Waals surface area contributed by atoms with Gasteiger partial charge in [-0.15, -0.1) is 0 Å². The van der Waals surface area contributed by atoms with Gasteiger partial charge in [-0.25, -0.2) is 4.98 Å². The summed E-state index contributed by atoms with van der Waals surface area (Å²) in [5.74, 6) is 0.533. The van der Waals surface area contributed by atoms with Crippen molar-refractivity contribution in [3.63, 3.8) is 0 Å². The third kappa shape index (κ3) is 4.61. The first-order valence-electron chi connectivity index (χ1n) is 8.80. The predicted octanol–water partition coefficient (Wildman–Crippen LogP) is 3.22. The zero-order valence-electron chi connectivity index (χ0n) is 15.0. The van der Waals surface area contributed by atoms with Crippen molar-refractivity contribution in [2.75, 3.05) is 18.4 Å². The zero-order chi connectivity index (χ0) is 17.8. The maximum Gasteiger partial charge on any atom is 0.223 e. The van der Waals surface area contributed by atoms with Crippen LogP contribution in [0.2, 0.25) is 0 Å². The van der Waals surface area contributed by atoms with Gasteiger partial charge in [-0.2, -0.15) is 0 Å². The van der Waals surface area contributed by atoms with Gasteiger partial charge in [0, 0.05) is 31.6 Å². The minimum Gasteiger partial charge on any atom is -0.302 e. The monoisotopic (exact) mass is 359 g/mol. The number of anilines is 1. The van der Waals surface area contributed by atoms with E-state index in [-0.39, 0.29) is 5.91 Å².